The Balaban J connectivity index is 2.35. The molecule has 0 saturated carbocycles. The van der Waals surface area contributed by atoms with Crippen LogP contribution in [0.3, 0.4) is 0 Å². The van der Waals surface area contributed by atoms with E-state index in [0.29, 0.717) is 5.69 Å². The molecule has 0 N–H and O–H groups in total. The van der Waals surface area contributed by atoms with Crippen LogP contribution >= 0.6 is 15.9 Å². The lowest BCUT2D eigenvalue weighted by Gasteiger charge is -2.07. The normalized spacial score (nSPS) is 10.7. The minimum Gasteiger partial charge on any atom is -0.435 e. The Morgan fingerprint density at radius 3 is 2.56 bits per heavy atom. The quantitative estimate of drug-likeness (QED) is 0.874. The molecule has 0 spiro atoms. The second kappa shape index (κ2) is 5.26. The maximum absolute atomic E-state index is 12.0. The van der Waals surface area contributed by atoms with Crippen molar-refractivity contribution >= 4 is 15.9 Å². The minimum absolute atomic E-state index is 0.0370. The zero-order valence-corrected chi connectivity index (χ0v) is 10.5. The van der Waals surface area contributed by atoms with Gasteiger partial charge in [-0.2, -0.15) is 8.78 Å². The van der Waals surface area contributed by atoms with Gasteiger partial charge in [-0.3, -0.25) is 9.36 Å². The molecule has 0 aliphatic heterocycles. The van der Waals surface area contributed by atoms with Gasteiger partial charge in [-0.1, -0.05) is 0 Å². The Bertz CT molecular complexity index is 599. The van der Waals surface area contributed by atoms with Crippen LogP contribution in [0.5, 0.6) is 5.75 Å². The number of rotatable bonds is 3. The van der Waals surface area contributed by atoms with Crippen molar-refractivity contribution in [3.05, 3.63) is 51.6 Å². The summed E-state index contributed by atoms with van der Waals surface area (Å²) >= 11 is 3.02. The summed E-state index contributed by atoms with van der Waals surface area (Å²) in [5, 5.41) is 0. The molecule has 0 amide bonds. The summed E-state index contributed by atoms with van der Waals surface area (Å²) in [5.74, 6) is 0.0370. The van der Waals surface area contributed by atoms with Gasteiger partial charge in [0.15, 0.2) is 4.60 Å². The first-order valence-electron chi connectivity index (χ1n) is 4.86. The van der Waals surface area contributed by atoms with Crippen LogP contribution < -0.4 is 10.3 Å². The van der Waals surface area contributed by atoms with Crippen molar-refractivity contribution in [2.45, 2.75) is 6.61 Å². The van der Waals surface area contributed by atoms with Crippen LogP contribution in [0.1, 0.15) is 0 Å². The molecule has 94 valence electrons. The Labute approximate surface area is 109 Å². The average molecular weight is 317 g/mol. The Morgan fingerprint density at radius 2 is 1.94 bits per heavy atom. The molecule has 7 heteroatoms. The highest BCUT2D eigenvalue weighted by atomic mass is 79.9. The average Bonchev–Trinajstić information content (AvgIpc) is 2.33. The first kappa shape index (κ1) is 12.7. The molecule has 0 aliphatic carbocycles. The highest BCUT2D eigenvalue weighted by Gasteiger charge is 2.06. The molecular formula is C11H7BrF2N2O2. The number of halogens is 3. The van der Waals surface area contributed by atoms with Crippen LogP contribution in [0.2, 0.25) is 0 Å². The highest BCUT2D eigenvalue weighted by molar-refractivity contribution is 9.10. The van der Waals surface area contributed by atoms with E-state index in [0.717, 1.165) is 0 Å². The van der Waals surface area contributed by atoms with Gasteiger partial charge in [-0.25, -0.2) is 4.98 Å². The summed E-state index contributed by atoms with van der Waals surface area (Å²) in [7, 11) is 0. The molecule has 0 radical (unpaired) electrons. The Kier molecular flexibility index (Phi) is 3.71. The molecule has 1 aromatic carbocycles. The number of benzene rings is 1. The molecule has 0 bridgehead atoms. The largest absolute Gasteiger partial charge is 0.435 e. The topological polar surface area (TPSA) is 44.1 Å². The van der Waals surface area contributed by atoms with Gasteiger partial charge in [0, 0.05) is 18.1 Å². The van der Waals surface area contributed by atoms with Crippen LogP contribution in [-0.4, -0.2) is 16.2 Å². The van der Waals surface area contributed by atoms with E-state index in [2.05, 4.69) is 25.7 Å². The summed E-state index contributed by atoms with van der Waals surface area (Å²) in [6.45, 7) is -2.87. The van der Waals surface area contributed by atoms with Crippen molar-refractivity contribution in [1.29, 1.82) is 0 Å². The molecule has 1 heterocycles. The summed E-state index contributed by atoms with van der Waals surface area (Å²) in [4.78, 5) is 15.5. The maximum Gasteiger partial charge on any atom is 0.387 e. The number of hydrogen-bond acceptors (Lipinski definition) is 3. The van der Waals surface area contributed by atoms with Crippen LogP contribution in [0, 0.1) is 0 Å². The van der Waals surface area contributed by atoms with Crippen LogP contribution in [0.15, 0.2) is 46.1 Å². The van der Waals surface area contributed by atoms with Gasteiger partial charge in [0.2, 0.25) is 0 Å². The summed E-state index contributed by atoms with van der Waals surface area (Å²) in [6.07, 6.45) is 2.94. The third-order valence-corrected chi connectivity index (χ3v) is 2.68. The number of hydrogen-bond donors (Lipinski definition) is 0. The second-order valence-corrected chi connectivity index (χ2v) is 4.02. The van der Waals surface area contributed by atoms with E-state index in [9.17, 15) is 13.6 Å². The second-order valence-electron chi connectivity index (χ2n) is 3.27. The molecule has 2 aromatic rings. The molecule has 1 aromatic heterocycles. The van der Waals surface area contributed by atoms with E-state index in [1.807, 2.05) is 0 Å². The summed E-state index contributed by atoms with van der Waals surface area (Å²) in [6, 6.07) is 5.74. The summed E-state index contributed by atoms with van der Waals surface area (Å²) < 4.78 is 29.7. The van der Waals surface area contributed by atoms with E-state index in [1.54, 1.807) is 0 Å². The van der Waals surface area contributed by atoms with Crippen molar-refractivity contribution in [1.82, 2.24) is 9.55 Å². The van der Waals surface area contributed by atoms with Gasteiger partial charge in [0.1, 0.15) is 5.75 Å². The van der Waals surface area contributed by atoms with Crippen molar-refractivity contribution in [3.63, 3.8) is 0 Å². The van der Waals surface area contributed by atoms with Gasteiger partial charge < -0.3 is 4.74 Å². The molecule has 18 heavy (non-hydrogen) atoms. The molecule has 0 atom stereocenters. The molecule has 0 fully saturated rings. The van der Waals surface area contributed by atoms with Crippen LogP contribution in [0.4, 0.5) is 8.78 Å². The first-order valence-corrected chi connectivity index (χ1v) is 5.65. The zero-order valence-electron chi connectivity index (χ0n) is 8.89. The van der Waals surface area contributed by atoms with Gasteiger partial charge in [-0.05, 0) is 40.2 Å². The third kappa shape index (κ3) is 2.73. The van der Waals surface area contributed by atoms with Crippen molar-refractivity contribution in [2.24, 2.45) is 0 Å². The van der Waals surface area contributed by atoms with E-state index >= 15 is 0 Å². The third-order valence-electron chi connectivity index (χ3n) is 2.14. The lowest BCUT2D eigenvalue weighted by molar-refractivity contribution is -0.0498. The van der Waals surface area contributed by atoms with E-state index in [1.165, 1.54) is 41.2 Å². The first-order chi connectivity index (χ1) is 8.58. The molecule has 0 saturated heterocycles. The van der Waals surface area contributed by atoms with Crippen molar-refractivity contribution in [2.75, 3.05) is 0 Å². The van der Waals surface area contributed by atoms with E-state index in [4.69, 9.17) is 0 Å². The lowest BCUT2D eigenvalue weighted by Crippen LogP contribution is -2.19. The van der Waals surface area contributed by atoms with Gasteiger partial charge in [-0.15, -0.1) is 0 Å². The molecule has 0 unspecified atom stereocenters. The fourth-order valence-electron chi connectivity index (χ4n) is 1.38. The fourth-order valence-corrected chi connectivity index (χ4v) is 1.69. The van der Waals surface area contributed by atoms with Crippen LogP contribution in [-0.2, 0) is 0 Å². The molecule has 0 aliphatic rings. The standard InChI is InChI=1S/C11H7BrF2N2O2/c12-9-10(17)16(6-5-15-9)7-1-3-8(4-2-7)18-11(13)14/h1-6,11H. The Morgan fingerprint density at radius 1 is 1.28 bits per heavy atom. The zero-order chi connectivity index (χ0) is 13.1. The number of alkyl halides is 2. The minimum atomic E-state index is -2.87. The number of aromatic nitrogens is 2. The predicted octanol–water partition coefficient (Wildman–Crippen LogP) is 2.60. The predicted molar refractivity (Wildman–Crippen MR) is 64.2 cm³/mol. The number of ether oxygens (including phenoxy) is 1. The van der Waals surface area contributed by atoms with E-state index in [-0.39, 0.29) is 15.9 Å². The summed E-state index contributed by atoms with van der Waals surface area (Å²) in [5.41, 5.74) is 0.199. The molecular weight excluding hydrogens is 310 g/mol. The van der Waals surface area contributed by atoms with Gasteiger partial charge in [0.05, 0.1) is 0 Å². The fraction of sp³-hybridized carbons (Fsp3) is 0.0909. The smallest absolute Gasteiger partial charge is 0.387 e. The van der Waals surface area contributed by atoms with Gasteiger partial charge >= 0.3 is 6.61 Å². The SMILES string of the molecule is O=c1c(Br)nccn1-c1ccc(OC(F)F)cc1. The number of nitrogens with zero attached hydrogens (tertiary/aromatic N) is 2. The monoisotopic (exact) mass is 316 g/mol. The molecule has 4 nitrogen and oxygen atoms in total. The maximum atomic E-state index is 12.0. The lowest BCUT2D eigenvalue weighted by atomic mass is 10.3. The van der Waals surface area contributed by atoms with Crippen LogP contribution in [0.25, 0.3) is 5.69 Å². The van der Waals surface area contributed by atoms with Crippen molar-refractivity contribution < 1.29 is 13.5 Å². The van der Waals surface area contributed by atoms with Gasteiger partial charge in [0.25, 0.3) is 5.56 Å². The van der Waals surface area contributed by atoms with Crippen molar-refractivity contribution in [3.8, 4) is 11.4 Å². The Hall–Kier alpha value is -1.76. The molecule has 2 rings (SSSR count). The highest BCUT2D eigenvalue weighted by Crippen LogP contribution is 2.16. The van der Waals surface area contributed by atoms with E-state index < -0.39 is 6.61 Å².